The van der Waals surface area contributed by atoms with Crippen molar-refractivity contribution in [1.82, 2.24) is 24.4 Å². The van der Waals surface area contributed by atoms with Crippen LogP contribution in [0.3, 0.4) is 0 Å². The standard InChI is InChI=1S/C23H31N5O3/c1-14(2)21(29)27-10-4-3-8-19(27)18-12-20-24-17-9-11-26(22(30)15-6-5-7-15)13-16(17)23(31)28(20)25-18/h12,14-15,19,25H,3-11,13H2,1-2H3. The summed E-state index contributed by atoms with van der Waals surface area (Å²) in [4.78, 5) is 47.3. The predicted molar refractivity (Wildman–Crippen MR) is 115 cm³/mol. The van der Waals surface area contributed by atoms with Crippen LogP contribution in [0.1, 0.15) is 75.4 Å². The van der Waals surface area contributed by atoms with Gasteiger partial charge in [-0.05, 0) is 32.1 Å². The molecule has 166 valence electrons. The summed E-state index contributed by atoms with van der Waals surface area (Å²) >= 11 is 0. The van der Waals surface area contributed by atoms with Crippen LogP contribution in [0.4, 0.5) is 0 Å². The minimum Gasteiger partial charge on any atom is -0.337 e. The van der Waals surface area contributed by atoms with E-state index in [1.165, 1.54) is 4.52 Å². The van der Waals surface area contributed by atoms with Crippen LogP contribution >= 0.6 is 0 Å². The summed E-state index contributed by atoms with van der Waals surface area (Å²) < 4.78 is 1.50. The van der Waals surface area contributed by atoms with Crippen molar-refractivity contribution in [2.24, 2.45) is 11.8 Å². The molecule has 1 N–H and O–H groups in total. The summed E-state index contributed by atoms with van der Waals surface area (Å²) in [6.45, 7) is 5.57. The monoisotopic (exact) mass is 425 g/mol. The summed E-state index contributed by atoms with van der Waals surface area (Å²) in [6.07, 6.45) is 6.60. The lowest BCUT2D eigenvalue weighted by atomic mass is 9.84. The molecule has 2 aromatic rings. The fourth-order valence-corrected chi connectivity index (χ4v) is 5.12. The lowest BCUT2D eigenvalue weighted by Gasteiger charge is -2.36. The van der Waals surface area contributed by atoms with Crippen LogP contribution in [0.5, 0.6) is 0 Å². The van der Waals surface area contributed by atoms with E-state index < -0.39 is 0 Å². The Morgan fingerprint density at radius 3 is 2.65 bits per heavy atom. The van der Waals surface area contributed by atoms with Gasteiger partial charge in [0.1, 0.15) is 0 Å². The molecule has 1 unspecified atom stereocenters. The van der Waals surface area contributed by atoms with E-state index in [9.17, 15) is 14.4 Å². The number of rotatable bonds is 3. The lowest BCUT2D eigenvalue weighted by Crippen LogP contribution is -2.44. The van der Waals surface area contributed by atoms with Gasteiger partial charge in [-0.1, -0.05) is 20.3 Å². The van der Waals surface area contributed by atoms with Gasteiger partial charge >= 0.3 is 0 Å². The van der Waals surface area contributed by atoms with E-state index in [0.717, 1.165) is 56.5 Å². The van der Waals surface area contributed by atoms with Crippen molar-refractivity contribution < 1.29 is 9.59 Å². The molecule has 1 saturated heterocycles. The number of piperidine rings is 1. The molecule has 4 heterocycles. The highest BCUT2D eigenvalue weighted by Crippen LogP contribution is 2.32. The third-order valence-electron chi connectivity index (χ3n) is 7.19. The zero-order valence-electron chi connectivity index (χ0n) is 18.4. The van der Waals surface area contributed by atoms with Crippen LogP contribution in [0, 0.1) is 11.8 Å². The van der Waals surface area contributed by atoms with Gasteiger partial charge in [0, 0.05) is 37.4 Å². The first-order chi connectivity index (χ1) is 14.9. The number of hydrogen-bond donors (Lipinski definition) is 1. The number of likely N-dealkylation sites (tertiary alicyclic amines) is 1. The molecule has 3 aliphatic rings. The molecule has 2 aliphatic heterocycles. The number of aromatic nitrogens is 3. The molecular formula is C23H31N5O3. The van der Waals surface area contributed by atoms with Gasteiger partial charge in [0.15, 0.2) is 5.65 Å². The molecular weight excluding hydrogens is 394 g/mol. The van der Waals surface area contributed by atoms with Crippen LogP contribution in [-0.2, 0) is 22.6 Å². The minimum atomic E-state index is -0.130. The molecule has 2 fully saturated rings. The van der Waals surface area contributed by atoms with Crippen molar-refractivity contribution in [1.29, 1.82) is 0 Å². The first kappa shape index (κ1) is 20.3. The number of H-pyrrole nitrogens is 1. The summed E-state index contributed by atoms with van der Waals surface area (Å²) in [6, 6.07) is 1.86. The Morgan fingerprint density at radius 2 is 1.94 bits per heavy atom. The van der Waals surface area contributed by atoms with E-state index in [4.69, 9.17) is 4.98 Å². The summed E-state index contributed by atoms with van der Waals surface area (Å²) in [7, 11) is 0. The Bertz CT molecular complexity index is 1080. The summed E-state index contributed by atoms with van der Waals surface area (Å²) in [5.41, 5.74) is 2.74. The van der Waals surface area contributed by atoms with E-state index in [0.29, 0.717) is 30.7 Å². The molecule has 0 radical (unpaired) electrons. The fourth-order valence-electron chi connectivity index (χ4n) is 5.12. The molecule has 0 spiro atoms. The Kier molecular flexibility index (Phi) is 5.10. The van der Waals surface area contributed by atoms with Gasteiger partial charge in [-0.2, -0.15) is 0 Å². The largest absolute Gasteiger partial charge is 0.337 e. The number of fused-ring (bicyclic) bond motifs is 2. The molecule has 8 heteroatoms. The quantitative estimate of drug-likeness (QED) is 0.818. The van der Waals surface area contributed by atoms with Crippen LogP contribution in [0.2, 0.25) is 0 Å². The highest BCUT2D eigenvalue weighted by atomic mass is 16.2. The van der Waals surface area contributed by atoms with Crippen LogP contribution < -0.4 is 5.56 Å². The maximum Gasteiger partial charge on any atom is 0.277 e. The van der Waals surface area contributed by atoms with Gasteiger partial charge in [0.25, 0.3) is 5.56 Å². The highest BCUT2D eigenvalue weighted by Gasteiger charge is 2.34. The summed E-state index contributed by atoms with van der Waals surface area (Å²) in [5, 5.41) is 3.24. The number of carbonyl (C=O) groups is 2. The van der Waals surface area contributed by atoms with Crippen molar-refractivity contribution in [2.45, 2.75) is 71.4 Å². The number of amides is 2. The molecule has 1 atom stereocenters. The smallest absolute Gasteiger partial charge is 0.277 e. The SMILES string of the molecule is CC(C)C(=O)N1CCCCC1c1cc2nc3c(c(=O)n2[nH]1)CN(C(=O)C1CCC1)CC3. The van der Waals surface area contributed by atoms with Crippen molar-refractivity contribution in [3.63, 3.8) is 0 Å². The first-order valence-corrected chi connectivity index (χ1v) is 11.7. The molecule has 1 aliphatic carbocycles. The maximum atomic E-state index is 13.3. The predicted octanol–water partition coefficient (Wildman–Crippen LogP) is 2.42. The van der Waals surface area contributed by atoms with Gasteiger partial charge < -0.3 is 9.80 Å². The topological polar surface area (TPSA) is 90.8 Å². The van der Waals surface area contributed by atoms with E-state index in [2.05, 4.69) is 5.10 Å². The van der Waals surface area contributed by atoms with E-state index >= 15 is 0 Å². The first-order valence-electron chi connectivity index (χ1n) is 11.7. The third-order valence-corrected chi connectivity index (χ3v) is 7.19. The second-order valence-corrected chi connectivity index (χ2v) is 9.58. The van der Waals surface area contributed by atoms with Crippen molar-refractivity contribution in [3.05, 3.63) is 33.4 Å². The Balaban J connectivity index is 1.47. The molecule has 8 nitrogen and oxygen atoms in total. The zero-order chi connectivity index (χ0) is 21.7. The number of hydrogen-bond acceptors (Lipinski definition) is 4. The Morgan fingerprint density at radius 1 is 1.13 bits per heavy atom. The second-order valence-electron chi connectivity index (χ2n) is 9.58. The molecule has 2 amide bonds. The van der Waals surface area contributed by atoms with E-state index in [-0.39, 0.29) is 35.3 Å². The summed E-state index contributed by atoms with van der Waals surface area (Å²) in [5.74, 6) is 0.401. The van der Waals surface area contributed by atoms with Gasteiger partial charge in [-0.25, -0.2) is 9.50 Å². The minimum absolute atomic E-state index is 0.0570. The molecule has 2 aromatic heterocycles. The van der Waals surface area contributed by atoms with Crippen LogP contribution in [-0.4, -0.2) is 49.3 Å². The van der Waals surface area contributed by atoms with Gasteiger partial charge in [-0.15, -0.1) is 0 Å². The third kappa shape index (κ3) is 3.46. The Hall–Kier alpha value is -2.64. The fraction of sp³-hybridized carbons (Fsp3) is 0.652. The number of carbonyl (C=O) groups excluding carboxylic acids is 2. The molecule has 1 saturated carbocycles. The highest BCUT2D eigenvalue weighted by molar-refractivity contribution is 5.80. The van der Waals surface area contributed by atoms with E-state index in [1.807, 2.05) is 29.7 Å². The normalized spacial score (nSPS) is 22.0. The number of aromatic amines is 1. The van der Waals surface area contributed by atoms with Crippen LogP contribution in [0.15, 0.2) is 10.9 Å². The van der Waals surface area contributed by atoms with Gasteiger partial charge in [0.2, 0.25) is 11.8 Å². The average molecular weight is 426 g/mol. The zero-order valence-corrected chi connectivity index (χ0v) is 18.4. The molecule has 0 aromatic carbocycles. The van der Waals surface area contributed by atoms with Gasteiger partial charge in [-0.3, -0.25) is 19.5 Å². The average Bonchev–Trinajstić information content (AvgIpc) is 3.16. The maximum absolute atomic E-state index is 13.3. The van der Waals surface area contributed by atoms with Crippen molar-refractivity contribution >= 4 is 17.5 Å². The van der Waals surface area contributed by atoms with Crippen LogP contribution in [0.25, 0.3) is 5.65 Å². The van der Waals surface area contributed by atoms with Gasteiger partial charge in [0.05, 0.1) is 29.5 Å². The van der Waals surface area contributed by atoms with E-state index in [1.54, 1.807) is 0 Å². The number of nitrogens with one attached hydrogen (secondary N) is 1. The molecule has 31 heavy (non-hydrogen) atoms. The number of nitrogens with zero attached hydrogens (tertiary/aromatic N) is 4. The van der Waals surface area contributed by atoms with Crippen molar-refractivity contribution in [3.8, 4) is 0 Å². The molecule has 5 rings (SSSR count). The Labute approximate surface area is 181 Å². The molecule has 0 bridgehead atoms. The lowest BCUT2D eigenvalue weighted by molar-refractivity contribution is -0.139. The second kappa shape index (κ2) is 7.80. The van der Waals surface area contributed by atoms with Crippen molar-refractivity contribution in [2.75, 3.05) is 13.1 Å².